The third-order valence-electron chi connectivity index (χ3n) is 3.20. The summed E-state index contributed by atoms with van der Waals surface area (Å²) in [6.45, 7) is -0.181. The summed E-state index contributed by atoms with van der Waals surface area (Å²) >= 11 is 5.92. The van der Waals surface area contributed by atoms with Gasteiger partial charge in [-0.05, 0) is 30.3 Å². The molecule has 21 heavy (non-hydrogen) atoms. The van der Waals surface area contributed by atoms with E-state index in [1.807, 2.05) is 0 Å². The molecule has 0 saturated carbocycles. The van der Waals surface area contributed by atoms with Gasteiger partial charge < -0.3 is 9.64 Å². The fraction of sp³-hybridized carbons (Fsp3) is 0.133. The van der Waals surface area contributed by atoms with E-state index < -0.39 is 17.5 Å². The molecular weight excluding hydrogens is 300 g/mol. The van der Waals surface area contributed by atoms with Crippen LogP contribution in [-0.4, -0.2) is 12.5 Å². The van der Waals surface area contributed by atoms with Gasteiger partial charge in [0.05, 0.1) is 12.2 Å². The van der Waals surface area contributed by atoms with Crippen LogP contribution in [-0.2, 0) is 11.3 Å². The highest BCUT2D eigenvalue weighted by atomic mass is 35.5. The van der Waals surface area contributed by atoms with Crippen LogP contribution in [0.15, 0.2) is 36.4 Å². The Morgan fingerprint density at radius 1 is 1.14 bits per heavy atom. The highest BCUT2D eigenvalue weighted by Gasteiger charge is 2.25. The molecule has 0 saturated heterocycles. The van der Waals surface area contributed by atoms with Crippen molar-refractivity contribution in [2.24, 2.45) is 0 Å². The van der Waals surface area contributed by atoms with Crippen molar-refractivity contribution in [2.45, 2.75) is 6.54 Å². The largest absolute Gasteiger partial charge is 0.483 e. The lowest BCUT2D eigenvalue weighted by molar-refractivity contribution is -0.120. The van der Waals surface area contributed by atoms with Gasteiger partial charge >= 0.3 is 0 Å². The average molecular weight is 310 g/mol. The zero-order valence-electron chi connectivity index (χ0n) is 10.8. The number of carbonyl (C=O) groups excluding carboxylic acids is 1. The molecule has 0 fully saturated rings. The van der Waals surface area contributed by atoms with Gasteiger partial charge in [-0.3, -0.25) is 4.79 Å². The lowest BCUT2D eigenvalue weighted by Gasteiger charge is -2.20. The highest BCUT2D eigenvalue weighted by Crippen LogP contribution is 2.30. The molecule has 3 nitrogen and oxygen atoms in total. The molecule has 0 radical (unpaired) electrons. The van der Waals surface area contributed by atoms with Gasteiger partial charge in [-0.15, -0.1) is 0 Å². The van der Waals surface area contributed by atoms with Crippen molar-refractivity contribution >= 4 is 23.2 Å². The number of hydrogen-bond acceptors (Lipinski definition) is 2. The fourth-order valence-corrected chi connectivity index (χ4v) is 2.40. The Morgan fingerprint density at radius 3 is 2.76 bits per heavy atom. The number of rotatable bonds is 1. The van der Waals surface area contributed by atoms with Crippen LogP contribution in [0.5, 0.6) is 5.75 Å². The van der Waals surface area contributed by atoms with Gasteiger partial charge in [0, 0.05) is 16.7 Å². The summed E-state index contributed by atoms with van der Waals surface area (Å²) in [7, 11) is 0. The van der Waals surface area contributed by atoms with E-state index in [0.29, 0.717) is 16.3 Å². The first-order chi connectivity index (χ1) is 10.0. The molecule has 3 rings (SSSR count). The molecule has 1 amide bonds. The molecule has 0 aliphatic carbocycles. The van der Waals surface area contributed by atoms with Crippen LogP contribution in [0.4, 0.5) is 14.5 Å². The molecule has 2 aromatic carbocycles. The lowest BCUT2D eigenvalue weighted by atomic mass is 10.1. The molecule has 2 aromatic rings. The summed E-state index contributed by atoms with van der Waals surface area (Å²) in [5, 5.41) is 0.478. The molecule has 0 unspecified atom stereocenters. The average Bonchev–Trinajstić information content (AvgIpc) is 2.61. The molecule has 1 heterocycles. The van der Waals surface area contributed by atoms with Crippen LogP contribution in [0.1, 0.15) is 5.56 Å². The molecule has 0 aromatic heterocycles. The summed E-state index contributed by atoms with van der Waals surface area (Å²) < 4.78 is 32.6. The monoisotopic (exact) mass is 309 g/mol. The Kier molecular flexibility index (Phi) is 3.51. The summed E-state index contributed by atoms with van der Waals surface area (Å²) in [6.07, 6.45) is 0. The van der Waals surface area contributed by atoms with Gasteiger partial charge in [-0.2, -0.15) is 0 Å². The molecule has 1 aliphatic rings. The molecule has 0 atom stereocenters. The number of hydrogen-bond donors (Lipinski definition) is 0. The van der Waals surface area contributed by atoms with Crippen molar-refractivity contribution in [3.8, 4) is 5.75 Å². The van der Waals surface area contributed by atoms with Crippen molar-refractivity contribution < 1.29 is 18.3 Å². The maximum atomic E-state index is 13.9. The van der Waals surface area contributed by atoms with Crippen LogP contribution in [0.3, 0.4) is 0 Å². The second-order valence-electron chi connectivity index (χ2n) is 4.62. The van der Waals surface area contributed by atoms with E-state index in [1.165, 1.54) is 0 Å². The second-order valence-corrected chi connectivity index (χ2v) is 5.05. The Hall–Kier alpha value is -2.14. The summed E-state index contributed by atoms with van der Waals surface area (Å²) in [6, 6.07) is 7.91. The molecule has 6 heteroatoms. The van der Waals surface area contributed by atoms with Crippen LogP contribution in [0.25, 0.3) is 0 Å². The maximum absolute atomic E-state index is 13.9. The first kappa shape index (κ1) is 13.8. The Labute approximate surface area is 124 Å². The number of nitrogens with zero attached hydrogens (tertiary/aromatic N) is 1. The van der Waals surface area contributed by atoms with Gasteiger partial charge in [0.1, 0.15) is 17.4 Å². The maximum Gasteiger partial charge on any atom is 0.265 e. The molecular formula is C15H10ClF2NO2. The molecule has 0 N–H and O–H groups in total. The summed E-state index contributed by atoms with van der Waals surface area (Å²) in [4.78, 5) is 13.3. The number of benzene rings is 2. The van der Waals surface area contributed by atoms with Crippen molar-refractivity contribution in [1.29, 1.82) is 0 Å². The zero-order chi connectivity index (χ0) is 15.0. The molecule has 0 bridgehead atoms. The summed E-state index contributed by atoms with van der Waals surface area (Å²) in [5.41, 5.74) is 0.522. The number of amides is 1. The van der Waals surface area contributed by atoms with E-state index in [1.54, 1.807) is 18.2 Å². The quantitative estimate of drug-likeness (QED) is 0.806. The van der Waals surface area contributed by atoms with Crippen LogP contribution >= 0.6 is 11.6 Å². The standard InChI is InChI=1S/C15H10ClF2NO2/c16-10-1-4-14-9(5-10)7-19(15(20)8-21-14)13-6-11(17)2-3-12(13)18/h1-6H,7-8H2. The van der Waals surface area contributed by atoms with E-state index >= 15 is 0 Å². The van der Waals surface area contributed by atoms with Crippen LogP contribution < -0.4 is 9.64 Å². The van der Waals surface area contributed by atoms with E-state index in [0.717, 1.165) is 23.1 Å². The summed E-state index contributed by atoms with van der Waals surface area (Å²) in [5.74, 6) is -1.23. The van der Waals surface area contributed by atoms with Gasteiger partial charge in [-0.1, -0.05) is 11.6 Å². The first-order valence-electron chi connectivity index (χ1n) is 6.21. The zero-order valence-corrected chi connectivity index (χ0v) is 11.5. The predicted molar refractivity (Wildman–Crippen MR) is 74.5 cm³/mol. The van der Waals surface area contributed by atoms with Crippen LogP contribution in [0.2, 0.25) is 5.02 Å². The Balaban J connectivity index is 2.05. The number of halogens is 3. The molecule has 1 aliphatic heterocycles. The normalized spacial score (nSPS) is 14.4. The van der Waals surface area contributed by atoms with Crippen LogP contribution in [0, 0.1) is 11.6 Å². The predicted octanol–water partition coefficient (Wildman–Crippen LogP) is 3.54. The van der Waals surface area contributed by atoms with Gasteiger partial charge in [0.25, 0.3) is 5.91 Å². The van der Waals surface area contributed by atoms with Crippen molar-refractivity contribution in [3.63, 3.8) is 0 Å². The van der Waals surface area contributed by atoms with E-state index in [2.05, 4.69) is 0 Å². The molecule has 108 valence electrons. The number of carbonyl (C=O) groups is 1. The topological polar surface area (TPSA) is 29.5 Å². The third kappa shape index (κ3) is 2.69. The van der Waals surface area contributed by atoms with Crippen molar-refractivity contribution in [3.05, 3.63) is 58.6 Å². The Bertz CT molecular complexity index is 721. The number of fused-ring (bicyclic) bond motifs is 1. The van der Waals surface area contributed by atoms with Gasteiger partial charge in [-0.25, -0.2) is 8.78 Å². The second kappa shape index (κ2) is 5.33. The first-order valence-corrected chi connectivity index (χ1v) is 6.59. The third-order valence-corrected chi connectivity index (χ3v) is 3.44. The van der Waals surface area contributed by atoms with Crippen molar-refractivity contribution in [2.75, 3.05) is 11.5 Å². The minimum Gasteiger partial charge on any atom is -0.483 e. The van der Waals surface area contributed by atoms with E-state index in [4.69, 9.17) is 16.3 Å². The Morgan fingerprint density at radius 2 is 1.95 bits per heavy atom. The smallest absolute Gasteiger partial charge is 0.265 e. The highest BCUT2D eigenvalue weighted by molar-refractivity contribution is 6.30. The van der Waals surface area contributed by atoms with E-state index in [-0.39, 0.29) is 18.8 Å². The fourth-order valence-electron chi connectivity index (χ4n) is 2.20. The molecule has 0 spiro atoms. The van der Waals surface area contributed by atoms with Gasteiger partial charge in [0.15, 0.2) is 6.61 Å². The van der Waals surface area contributed by atoms with Crippen molar-refractivity contribution in [1.82, 2.24) is 0 Å². The number of anilines is 1. The SMILES string of the molecule is O=C1COc2ccc(Cl)cc2CN1c1cc(F)ccc1F. The van der Waals surface area contributed by atoms with E-state index in [9.17, 15) is 13.6 Å². The minimum absolute atomic E-state index is 0.0646. The minimum atomic E-state index is -0.671. The van der Waals surface area contributed by atoms with Gasteiger partial charge in [0.2, 0.25) is 0 Å². The number of ether oxygens (including phenoxy) is 1. The lowest BCUT2D eigenvalue weighted by Crippen LogP contribution is -2.33.